The van der Waals surface area contributed by atoms with Crippen LogP contribution in [-0.4, -0.2) is 43.2 Å². The van der Waals surface area contributed by atoms with Crippen LogP contribution in [0.3, 0.4) is 0 Å². The summed E-state index contributed by atoms with van der Waals surface area (Å²) in [4.78, 5) is 13.6. The van der Waals surface area contributed by atoms with Crippen molar-refractivity contribution in [2.24, 2.45) is 5.73 Å². The number of hydrogen-bond acceptors (Lipinski definition) is 4. The maximum absolute atomic E-state index is 11.9. The number of hydrogen-bond donors (Lipinski definition) is 1. The molecule has 0 spiro atoms. The molecule has 2 aliphatic heterocycles. The summed E-state index contributed by atoms with van der Waals surface area (Å²) < 4.78 is 10.3. The number of rotatable bonds is 1. The molecule has 84 valence electrons. The maximum Gasteiger partial charge on any atom is 0.292 e. The van der Waals surface area contributed by atoms with E-state index < -0.39 is 0 Å². The predicted molar refractivity (Wildman–Crippen MR) is 53.8 cm³/mol. The van der Waals surface area contributed by atoms with E-state index in [1.54, 1.807) is 4.90 Å². The molecule has 2 rings (SSSR count). The van der Waals surface area contributed by atoms with Crippen molar-refractivity contribution in [1.82, 2.24) is 4.90 Å². The summed E-state index contributed by atoms with van der Waals surface area (Å²) >= 11 is 0. The molecule has 5 heteroatoms. The van der Waals surface area contributed by atoms with Crippen LogP contribution in [0.2, 0.25) is 0 Å². The number of nitrogens with zero attached hydrogens (tertiary/aromatic N) is 1. The maximum atomic E-state index is 11.9. The van der Waals surface area contributed by atoms with Gasteiger partial charge in [0.2, 0.25) is 5.76 Å². The van der Waals surface area contributed by atoms with Crippen LogP contribution in [0, 0.1) is 0 Å². The van der Waals surface area contributed by atoms with E-state index in [0.29, 0.717) is 25.5 Å². The lowest BCUT2D eigenvalue weighted by Gasteiger charge is -2.31. The summed E-state index contributed by atoms with van der Waals surface area (Å²) in [6.45, 7) is 2.32. The normalized spacial score (nSPS) is 26.3. The lowest BCUT2D eigenvalue weighted by molar-refractivity contribution is -0.133. The molecule has 15 heavy (non-hydrogen) atoms. The van der Waals surface area contributed by atoms with E-state index in [1.807, 2.05) is 0 Å². The van der Waals surface area contributed by atoms with E-state index in [4.69, 9.17) is 15.2 Å². The summed E-state index contributed by atoms with van der Waals surface area (Å²) in [5, 5.41) is 0. The minimum absolute atomic E-state index is 0.0906. The van der Waals surface area contributed by atoms with Crippen LogP contribution in [0.4, 0.5) is 0 Å². The van der Waals surface area contributed by atoms with Crippen molar-refractivity contribution in [2.45, 2.75) is 18.9 Å². The summed E-state index contributed by atoms with van der Waals surface area (Å²) in [6.07, 6.45) is 3.34. The third-order valence-electron chi connectivity index (χ3n) is 2.60. The first-order valence-electron chi connectivity index (χ1n) is 5.27. The minimum atomic E-state index is -0.107. The first kappa shape index (κ1) is 10.3. The molecule has 2 heterocycles. The van der Waals surface area contributed by atoms with Gasteiger partial charge in [-0.3, -0.25) is 4.79 Å². The van der Waals surface area contributed by atoms with Gasteiger partial charge in [-0.1, -0.05) is 0 Å². The van der Waals surface area contributed by atoms with Crippen molar-refractivity contribution in [3.8, 4) is 0 Å². The van der Waals surface area contributed by atoms with Gasteiger partial charge in [0, 0.05) is 19.1 Å². The molecule has 1 amide bonds. The summed E-state index contributed by atoms with van der Waals surface area (Å²) in [6, 6.07) is 0.0906. The van der Waals surface area contributed by atoms with Crippen LogP contribution in [0.5, 0.6) is 0 Å². The van der Waals surface area contributed by atoms with Crippen LogP contribution in [0.15, 0.2) is 12.0 Å². The Hall–Kier alpha value is -1.23. The average Bonchev–Trinajstić information content (AvgIpc) is 2.29. The van der Waals surface area contributed by atoms with Crippen molar-refractivity contribution in [2.75, 3.05) is 26.3 Å². The Morgan fingerprint density at radius 1 is 1.53 bits per heavy atom. The van der Waals surface area contributed by atoms with Crippen LogP contribution < -0.4 is 5.73 Å². The van der Waals surface area contributed by atoms with Crippen molar-refractivity contribution in [3.05, 3.63) is 12.0 Å². The van der Waals surface area contributed by atoms with Gasteiger partial charge in [-0.25, -0.2) is 0 Å². The number of amides is 1. The Morgan fingerprint density at radius 2 is 2.40 bits per heavy atom. The summed E-state index contributed by atoms with van der Waals surface area (Å²) in [5.41, 5.74) is 5.81. The highest BCUT2D eigenvalue weighted by atomic mass is 16.6. The molecule has 1 fully saturated rings. The Labute approximate surface area is 88.8 Å². The first-order valence-corrected chi connectivity index (χ1v) is 5.27. The molecule has 0 aliphatic carbocycles. The Bertz CT molecular complexity index is 278. The van der Waals surface area contributed by atoms with Crippen LogP contribution in [0.25, 0.3) is 0 Å². The monoisotopic (exact) mass is 212 g/mol. The number of carbonyl (C=O) groups is 1. The molecule has 0 aromatic heterocycles. The van der Waals surface area contributed by atoms with E-state index in [-0.39, 0.29) is 11.9 Å². The van der Waals surface area contributed by atoms with Crippen molar-refractivity contribution in [1.29, 1.82) is 0 Å². The highest BCUT2D eigenvalue weighted by Gasteiger charge is 2.26. The zero-order valence-electron chi connectivity index (χ0n) is 8.65. The van der Waals surface area contributed by atoms with Gasteiger partial charge in [-0.15, -0.1) is 0 Å². The molecule has 5 nitrogen and oxygen atoms in total. The first-order chi connectivity index (χ1) is 7.27. The van der Waals surface area contributed by atoms with Gasteiger partial charge < -0.3 is 20.1 Å². The zero-order valence-corrected chi connectivity index (χ0v) is 8.65. The Balaban J connectivity index is 1.97. The Kier molecular flexibility index (Phi) is 3.11. The Morgan fingerprint density at radius 3 is 3.07 bits per heavy atom. The van der Waals surface area contributed by atoms with Crippen LogP contribution in [0.1, 0.15) is 12.8 Å². The molecule has 0 saturated carbocycles. The van der Waals surface area contributed by atoms with Crippen LogP contribution in [-0.2, 0) is 14.3 Å². The lowest BCUT2D eigenvalue weighted by atomic mass is 10.1. The van der Waals surface area contributed by atoms with Crippen LogP contribution >= 0.6 is 0 Å². The van der Waals surface area contributed by atoms with E-state index in [9.17, 15) is 4.79 Å². The lowest BCUT2D eigenvalue weighted by Crippen LogP contribution is -2.46. The number of likely N-dealkylation sites (tertiary alicyclic amines) is 1. The second-order valence-corrected chi connectivity index (χ2v) is 3.85. The fraction of sp³-hybridized carbons (Fsp3) is 0.700. The molecular weight excluding hydrogens is 196 g/mol. The molecule has 1 atom stereocenters. The molecule has 0 unspecified atom stereocenters. The smallest absolute Gasteiger partial charge is 0.292 e. The van der Waals surface area contributed by atoms with Gasteiger partial charge in [0.1, 0.15) is 19.5 Å². The molecule has 2 N–H and O–H groups in total. The SMILES string of the molecule is N[C@@H]1CCCN(C(=O)C2=COCCO2)C1. The third-order valence-corrected chi connectivity index (χ3v) is 2.60. The topological polar surface area (TPSA) is 64.8 Å². The largest absolute Gasteiger partial charge is 0.494 e. The van der Waals surface area contributed by atoms with Crippen molar-refractivity contribution >= 4 is 5.91 Å². The van der Waals surface area contributed by atoms with Crippen molar-refractivity contribution in [3.63, 3.8) is 0 Å². The molecule has 0 aromatic carbocycles. The zero-order chi connectivity index (χ0) is 10.7. The van der Waals surface area contributed by atoms with E-state index in [2.05, 4.69) is 0 Å². The standard InChI is InChI=1S/C10H16N2O3/c11-8-2-1-3-12(6-8)10(13)9-7-14-4-5-15-9/h7-8H,1-6,11H2/t8-/m1/s1. The van der Waals surface area contributed by atoms with Crippen molar-refractivity contribution < 1.29 is 14.3 Å². The molecule has 0 bridgehead atoms. The molecule has 0 aromatic rings. The second kappa shape index (κ2) is 4.53. The molecule has 1 saturated heterocycles. The van der Waals surface area contributed by atoms with Gasteiger partial charge in [-0.05, 0) is 12.8 Å². The number of nitrogens with two attached hydrogens (primary N) is 1. The number of carbonyl (C=O) groups excluding carboxylic acids is 1. The predicted octanol–water partition coefficient (Wildman–Crippen LogP) is -0.176. The molecule has 2 aliphatic rings. The molecule has 0 radical (unpaired) electrons. The highest BCUT2D eigenvalue weighted by Crippen LogP contribution is 2.14. The van der Waals surface area contributed by atoms with E-state index >= 15 is 0 Å². The summed E-state index contributed by atoms with van der Waals surface area (Å²) in [7, 11) is 0. The van der Waals surface area contributed by atoms with E-state index in [0.717, 1.165) is 19.4 Å². The fourth-order valence-electron chi connectivity index (χ4n) is 1.83. The van der Waals surface area contributed by atoms with Gasteiger partial charge in [0.05, 0.1) is 0 Å². The number of piperidine rings is 1. The minimum Gasteiger partial charge on any atom is -0.494 e. The second-order valence-electron chi connectivity index (χ2n) is 3.85. The van der Waals surface area contributed by atoms with Gasteiger partial charge in [0.15, 0.2) is 0 Å². The quantitative estimate of drug-likeness (QED) is 0.655. The average molecular weight is 212 g/mol. The summed E-state index contributed by atoms with van der Waals surface area (Å²) in [5.74, 6) is 0.195. The van der Waals surface area contributed by atoms with Gasteiger partial charge >= 0.3 is 0 Å². The fourth-order valence-corrected chi connectivity index (χ4v) is 1.83. The highest BCUT2D eigenvalue weighted by molar-refractivity contribution is 5.91. The molecular formula is C10H16N2O3. The van der Waals surface area contributed by atoms with E-state index in [1.165, 1.54) is 6.26 Å². The number of ether oxygens (including phenoxy) is 2. The van der Waals surface area contributed by atoms with Gasteiger partial charge in [0.25, 0.3) is 5.91 Å². The third kappa shape index (κ3) is 2.41. The van der Waals surface area contributed by atoms with Gasteiger partial charge in [-0.2, -0.15) is 0 Å².